The van der Waals surface area contributed by atoms with Crippen molar-refractivity contribution in [2.24, 2.45) is 0 Å². The highest BCUT2D eigenvalue weighted by molar-refractivity contribution is 5.75. The van der Waals surface area contributed by atoms with Gasteiger partial charge in [0.1, 0.15) is 0 Å². The Hall–Kier alpha value is -2.96. The second-order valence-corrected chi connectivity index (χ2v) is 6.98. The number of nitrogens with one attached hydrogen (secondary N) is 1. The fraction of sp³-hybridized carbons (Fsp3) is 0.400. The van der Waals surface area contributed by atoms with Gasteiger partial charge in [0, 0.05) is 30.6 Å². The van der Waals surface area contributed by atoms with E-state index in [0.29, 0.717) is 43.6 Å². The lowest BCUT2D eigenvalue weighted by molar-refractivity contribution is -0.121. The number of aromatic nitrogens is 4. The Balaban J connectivity index is 1.23. The Kier molecular flexibility index (Phi) is 5.00. The highest BCUT2D eigenvalue weighted by Crippen LogP contribution is 2.35. The van der Waals surface area contributed by atoms with Gasteiger partial charge in [0.05, 0.1) is 18.6 Å². The number of hydrogen-bond acceptors (Lipinski definition) is 5. The van der Waals surface area contributed by atoms with Crippen LogP contribution in [0.15, 0.2) is 41.3 Å². The molecule has 0 saturated heterocycles. The van der Waals surface area contributed by atoms with Crippen LogP contribution in [0.3, 0.4) is 0 Å². The van der Waals surface area contributed by atoms with E-state index in [2.05, 4.69) is 25.0 Å². The minimum atomic E-state index is 0.0252. The van der Waals surface area contributed by atoms with Gasteiger partial charge in [0.25, 0.3) is 0 Å². The minimum Gasteiger partial charge on any atom is -0.350 e. The van der Waals surface area contributed by atoms with Gasteiger partial charge in [-0.3, -0.25) is 4.79 Å². The van der Waals surface area contributed by atoms with E-state index in [1.54, 1.807) is 0 Å². The van der Waals surface area contributed by atoms with Crippen LogP contribution in [0.1, 0.15) is 48.9 Å². The summed E-state index contributed by atoms with van der Waals surface area (Å²) in [6.45, 7) is 2.54. The lowest BCUT2D eigenvalue weighted by Gasteiger charge is -2.07. The molecule has 3 aromatic rings. The molecule has 2 aromatic heterocycles. The molecule has 1 aliphatic rings. The molecular weight excluding hydrogens is 342 g/mol. The van der Waals surface area contributed by atoms with Crippen LogP contribution in [0.4, 0.5) is 0 Å². The zero-order valence-corrected chi connectivity index (χ0v) is 15.4. The Morgan fingerprint density at radius 3 is 3.00 bits per heavy atom. The van der Waals surface area contributed by atoms with Crippen molar-refractivity contribution in [2.45, 2.75) is 51.6 Å². The summed E-state index contributed by atoms with van der Waals surface area (Å²) in [5, 5.41) is 7.02. The van der Waals surface area contributed by atoms with Crippen LogP contribution in [-0.2, 0) is 17.8 Å². The van der Waals surface area contributed by atoms with Crippen LogP contribution in [0.2, 0.25) is 0 Å². The molecule has 0 aliphatic heterocycles. The van der Waals surface area contributed by atoms with E-state index in [4.69, 9.17) is 4.52 Å². The zero-order valence-electron chi connectivity index (χ0n) is 15.4. The molecule has 1 aliphatic carbocycles. The third-order valence-corrected chi connectivity index (χ3v) is 4.80. The molecule has 7 nitrogen and oxygen atoms in total. The maximum atomic E-state index is 12.1. The molecule has 4 rings (SSSR count). The third-order valence-electron chi connectivity index (χ3n) is 4.80. The van der Waals surface area contributed by atoms with Crippen molar-refractivity contribution in [1.82, 2.24) is 25.0 Å². The number of carbonyl (C=O) groups excluding carboxylic acids is 1. The van der Waals surface area contributed by atoms with E-state index in [0.717, 1.165) is 16.8 Å². The molecular formula is C20H23N5O2. The molecule has 0 unspecified atom stereocenters. The summed E-state index contributed by atoms with van der Waals surface area (Å²) in [5.74, 6) is 1.19. The fourth-order valence-corrected chi connectivity index (χ4v) is 3.12. The molecule has 1 amide bonds. The van der Waals surface area contributed by atoms with Crippen LogP contribution >= 0.6 is 0 Å². The van der Waals surface area contributed by atoms with Gasteiger partial charge in [-0.2, -0.15) is 4.98 Å². The van der Waals surface area contributed by atoms with Gasteiger partial charge >= 0.3 is 0 Å². The smallest absolute Gasteiger partial charge is 0.226 e. The van der Waals surface area contributed by atoms with E-state index in [-0.39, 0.29) is 5.91 Å². The number of aryl methyl sites for hydroxylation is 2. The van der Waals surface area contributed by atoms with Gasteiger partial charge in [-0.25, -0.2) is 4.98 Å². The van der Waals surface area contributed by atoms with Crippen LogP contribution < -0.4 is 5.32 Å². The van der Waals surface area contributed by atoms with Crippen LogP contribution in [-0.4, -0.2) is 25.6 Å². The Morgan fingerprint density at radius 1 is 1.33 bits per heavy atom. The normalized spacial score (nSPS) is 13.7. The largest absolute Gasteiger partial charge is 0.350 e. The van der Waals surface area contributed by atoms with Crippen molar-refractivity contribution in [3.63, 3.8) is 0 Å². The Bertz CT molecular complexity index is 926. The van der Waals surface area contributed by atoms with Crippen LogP contribution in [0.5, 0.6) is 0 Å². The second kappa shape index (κ2) is 7.73. The molecule has 0 bridgehead atoms. The maximum Gasteiger partial charge on any atom is 0.226 e. The molecule has 0 atom stereocenters. The predicted octanol–water partition coefficient (Wildman–Crippen LogP) is 3.22. The van der Waals surface area contributed by atoms with E-state index < -0.39 is 0 Å². The average molecular weight is 365 g/mol. The first-order valence-corrected chi connectivity index (χ1v) is 9.36. The monoisotopic (exact) mass is 365 g/mol. The average Bonchev–Trinajstić information content (AvgIpc) is 3.22. The molecule has 1 fully saturated rings. The number of rotatable bonds is 8. The number of hydrogen-bond donors (Lipinski definition) is 1. The molecule has 0 spiro atoms. The molecule has 140 valence electrons. The highest BCUT2D eigenvalue weighted by Gasteiger charge is 2.25. The fourth-order valence-electron chi connectivity index (χ4n) is 3.12. The summed E-state index contributed by atoms with van der Waals surface area (Å²) in [6.07, 6.45) is 7.76. The zero-order chi connectivity index (χ0) is 18.6. The van der Waals surface area contributed by atoms with Crippen molar-refractivity contribution in [3.8, 4) is 11.4 Å². The van der Waals surface area contributed by atoms with Gasteiger partial charge < -0.3 is 14.4 Å². The van der Waals surface area contributed by atoms with Gasteiger partial charge in [-0.15, -0.1) is 0 Å². The quantitative estimate of drug-likeness (QED) is 0.662. The second-order valence-electron chi connectivity index (χ2n) is 6.98. The first kappa shape index (κ1) is 17.5. The Morgan fingerprint density at radius 2 is 2.19 bits per heavy atom. The minimum absolute atomic E-state index is 0.0252. The van der Waals surface area contributed by atoms with Crippen molar-refractivity contribution < 1.29 is 9.32 Å². The van der Waals surface area contributed by atoms with Gasteiger partial charge in [-0.05, 0) is 31.7 Å². The standard InChI is InChI=1S/C20H23N5O2/c1-14-5-2-3-6-17(14)20-23-19(27-24-20)8-4-7-18(26)22-12-16-11-21-13-25(16)15-9-10-15/h2-3,5-6,11,13,15H,4,7-10,12H2,1H3,(H,22,26). The topological polar surface area (TPSA) is 85.8 Å². The Labute approximate surface area is 157 Å². The molecule has 1 saturated carbocycles. The van der Waals surface area contributed by atoms with Crippen molar-refractivity contribution in [3.05, 3.63) is 53.9 Å². The number of carbonyl (C=O) groups is 1. The predicted molar refractivity (Wildman–Crippen MR) is 99.8 cm³/mol. The van der Waals surface area contributed by atoms with Gasteiger partial charge in [0.15, 0.2) is 0 Å². The summed E-state index contributed by atoms with van der Waals surface area (Å²) in [5.41, 5.74) is 3.14. The number of benzene rings is 1. The SMILES string of the molecule is Cc1ccccc1-c1noc(CCCC(=O)NCc2cncn2C2CC2)n1. The van der Waals surface area contributed by atoms with E-state index in [1.807, 2.05) is 43.7 Å². The number of imidazole rings is 1. The lowest BCUT2D eigenvalue weighted by atomic mass is 10.1. The van der Waals surface area contributed by atoms with Crippen LogP contribution in [0, 0.1) is 6.92 Å². The summed E-state index contributed by atoms with van der Waals surface area (Å²) in [4.78, 5) is 20.7. The lowest BCUT2D eigenvalue weighted by Crippen LogP contribution is -2.23. The van der Waals surface area contributed by atoms with Crippen LogP contribution in [0.25, 0.3) is 11.4 Å². The summed E-state index contributed by atoms with van der Waals surface area (Å²) in [7, 11) is 0. The van der Waals surface area contributed by atoms with E-state index >= 15 is 0 Å². The molecule has 0 radical (unpaired) electrons. The molecule has 7 heteroatoms. The van der Waals surface area contributed by atoms with Crippen molar-refractivity contribution in [1.29, 1.82) is 0 Å². The van der Waals surface area contributed by atoms with Crippen molar-refractivity contribution >= 4 is 5.91 Å². The highest BCUT2D eigenvalue weighted by atomic mass is 16.5. The first-order valence-electron chi connectivity index (χ1n) is 9.36. The van der Waals surface area contributed by atoms with Crippen molar-refractivity contribution in [2.75, 3.05) is 0 Å². The van der Waals surface area contributed by atoms with Gasteiger partial charge in [-0.1, -0.05) is 29.4 Å². The molecule has 27 heavy (non-hydrogen) atoms. The number of amides is 1. The molecule has 1 aromatic carbocycles. The van der Waals surface area contributed by atoms with E-state index in [1.165, 1.54) is 12.8 Å². The van der Waals surface area contributed by atoms with Gasteiger partial charge in [0.2, 0.25) is 17.6 Å². The third kappa shape index (κ3) is 4.24. The van der Waals surface area contributed by atoms with E-state index in [9.17, 15) is 4.79 Å². The molecule has 2 heterocycles. The summed E-state index contributed by atoms with van der Waals surface area (Å²) >= 11 is 0. The summed E-state index contributed by atoms with van der Waals surface area (Å²) < 4.78 is 7.48. The maximum absolute atomic E-state index is 12.1. The number of nitrogens with zero attached hydrogens (tertiary/aromatic N) is 4. The molecule has 1 N–H and O–H groups in total. The first-order chi connectivity index (χ1) is 13.2. The summed E-state index contributed by atoms with van der Waals surface area (Å²) in [6, 6.07) is 8.50.